The third-order valence-electron chi connectivity index (χ3n) is 8.59. The number of carbonyl (C=O) groups is 4. The molecule has 2 aromatic carbocycles. The molecule has 1 aliphatic carbocycles. The number of aliphatic carboxylic acids is 1. The Bertz CT molecular complexity index is 2030. The quantitative estimate of drug-likeness (QED) is 0.0990. The second-order valence-electron chi connectivity index (χ2n) is 12.7. The first-order chi connectivity index (χ1) is 26.2. The van der Waals surface area contributed by atoms with E-state index in [1.54, 1.807) is 24.3 Å². The van der Waals surface area contributed by atoms with Crippen molar-refractivity contribution in [1.29, 1.82) is 0 Å². The van der Waals surface area contributed by atoms with E-state index in [1.807, 2.05) is 12.1 Å². The first-order valence-corrected chi connectivity index (χ1v) is 17.3. The molecule has 6 N–H and O–H groups in total. The SMILES string of the molecule is O=C(NC[C@H](NC(=O)c1ccc(Nc2nc(NC3(c4ccc(Cl)cc4)CC3)nc(OCC(F)(F)F)n2)cc1)C(=O)O)C(=O)Nc1ccc(N2CCCC2)nc1. The van der Waals surface area contributed by atoms with Gasteiger partial charge in [0.1, 0.15) is 11.9 Å². The first-order valence-electron chi connectivity index (χ1n) is 17.0. The average molecular weight is 783 g/mol. The number of aromatic nitrogens is 4. The topological polar surface area (TPSA) is 213 Å². The highest BCUT2D eigenvalue weighted by Gasteiger charge is 2.45. The minimum absolute atomic E-state index is 0.0246. The molecule has 2 fully saturated rings. The number of carbonyl (C=O) groups excluding carboxylic acids is 3. The molecule has 20 heteroatoms. The largest absolute Gasteiger partial charge is 0.480 e. The third kappa shape index (κ3) is 10.5. The maximum Gasteiger partial charge on any atom is 0.422 e. The van der Waals surface area contributed by atoms with Gasteiger partial charge in [0.05, 0.1) is 17.4 Å². The summed E-state index contributed by atoms with van der Waals surface area (Å²) >= 11 is 6.02. The number of ether oxygens (including phenoxy) is 1. The van der Waals surface area contributed by atoms with E-state index in [0.717, 1.165) is 37.3 Å². The molecule has 4 aromatic rings. The highest BCUT2D eigenvalue weighted by Crippen LogP contribution is 2.48. The van der Waals surface area contributed by atoms with E-state index in [1.165, 1.54) is 30.5 Å². The highest BCUT2D eigenvalue weighted by atomic mass is 35.5. The zero-order chi connectivity index (χ0) is 39.2. The number of carboxylic acids is 1. The van der Waals surface area contributed by atoms with Gasteiger partial charge in [-0.05, 0) is 79.8 Å². The Hall–Kier alpha value is -6.24. The van der Waals surface area contributed by atoms with Crippen LogP contribution in [0.5, 0.6) is 6.01 Å². The lowest BCUT2D eigenvalue weighted by molar-refractivity contribution is -0.154. The van der Waals surface area contributed by atoms with E-state index in [0.29, 0.717) is 23.6 Å². The van der Waals surface area contributed by atoms with Crippen LogP contribution in [0.25, 0.3) is 0 Å². The van der Waals surface area contributed by atoms with E-state index in [9.17, 15) is 37.5 Å². The van der Waals surface area contributed by atoms with Gasteiger partial charge < -0.3 is 41.3 Å². The number of alkyl halides is 3. The van der Waals surface area contributed by atoms with Gasteiger partial charge in [-0.1, -0.05) is 23.7 Å². The minimum atomic E-state index is -4.65. The maximum absolute atomic E-state index is 12.9. The van der Waals surface area contributed by atoms with Crippen LogP contribution in [-0.4, -0.2) is 87.2 Å². The van der Waals surface area contributed by atoms with Gasteiger partial charge in [-0.15, -0.1) is 0 Å². The van der Waals surface area contributed by atoms with Gasteiger partial charge in [-0.2, -0.15) is 28.1 Å². The minimum Gasteiger partial charge on any atom is -0.480 e. The van der Waals surface area contributed by atoms with Gasteiger partial charge in [0.15, 0.2) is 6.61 Å². The molecule has 1 aliphatic heterocycles. The number of halogens is 4. The Kier molecular flexibility index (Phi) is 11.5. The summed E-state index contributed by atoms with van der Waals surface area (Å²) in [4.78, 5) is 68.3. The average Bonchev–Trinajstić information content (AvgIpc) is 3.71. The summed E-state index contributed by atoms with van der Waals surface area (Å²) in [6.45, 7) is -0.473. The van der Waals surface area contributed by atoms with Gasteiger partial charge in [-0.3, -0.25) is 14.4 Å². The van der Waals surface area contributed by atoms with Crippen molar-refractivity contribution in [3.63, 3.8) is 0 Å². The van der Waals surface area contributed by atoms with Crippen LogP contribution in [0.2, 0.25) is 5.02 Å². The van der Waals surface area contributed by atoms with Gasteiger partial charge in [-0.25, -0.2) is 9.78 Å². The monoisotopic (exact) mass is 782 g/mol. The summed E-state index contributed by atoms with van der Waals surface area (Å²) in [5.74, 6) is -3.93. The predicted molar refractivity (Wildman–Crippen MR) is 193 cm³/mol. The maximum atomic E-state index is 12.9. The van der Waals surface area contributed by atoms with E-state index in [4.69, 9.17) is 16.3 Å². The molecule has 1 saturated heterocycles. The Balaban J connectivity index is 1.05. The number of hydrogen-bond donors (Lipinski definition) is 6. The number of carboxylic acid groups (broad SMARTS) is 1. The Morgan fingerprint density at radius 2 is 1.56 bits per heavy atom. The standard InChI is InChI=1S/C35H34ClF3N10O6/c36-22-7-5-21(6-8-22)34(13-14-34)48-32-45-31(46-33(47-32)55-19-35(37,38)39)43-23-9-3-20(4-10-23)27(50)44-25(30(53)54)18-41-28(51)29(52)42-24-11-12-26(40-17-24)49-15-1-2-16-49/h3-12,17,25H,1-2,13-16,18-19H2,(H,41,51)(H,42,52)(H,44,50)(H,53,54)(H2,43,45,46,47,48)/t25-/m0/s1. The van der Waals surface area contributed by atoms with Crippen LogP contribution in [0.4, 0.5) is 42.3 Å². The summed E-state index contributed by atoms with van der Waals surface area (Å²) in [6.07, 6.45) is 0.287. The normalized spacial score (nSPS) is 15.0. The van der Waals surface area contributed by atoms with Crippen LogP contribution < -0.4 is 36.2 Å². The van der Waals surface area contributed by atoms with E-state index < -0.39 is 60.6 Å². The molecule has 2 aliphatic rings. The second-order valence-corrected chi connectivity index (χ2v) is 13.1. The van der Waals surface area contributed by atoms with E-state index in [-0.39, 0.29) is 23.1 Å². The lowest BCUT2D eigenvalue weighted by atomic mass is 10.1. The number of nitrogens with zero attached hydrogens (tertiary/aromatic N) is 5. The van der Waals surface area contributed by atoms with Crippen molar-refractivity contribution >= 4 is 64.4 Å². The van der Waals surface area contributed by atoms with Gasteiger partial charge in [0.25, 0.3) is 5.91 Å². The third-order valence-corrected chi connectivity index (χ3v) is 8.85. The van der Waals surface area contributed by atoms with Gasteiger partial charge >= 0.3 is 30.0 Å². The molecule has 0 unspecified atom stereocenters. The molecule has 16 nitrogen and oxygen atoms in total. The molecule has 0 radical (unpaired) electrons. The number of amides is 3. The Labute approximate surface area is 316 Å². The first kappa shape index (κ1) is 38.5. The number of benzene rings is 2. The van der Waals surface area contributed by atoms with Crippen LogP contribution in [0.3, 0.4) is 0 Å². The summed E-state index contributed by atoms with van der Waals surface area (Å²) < 4.78 is 43.6. The fourth-order valence-electron chi connectivity index (χ4n) is 5.60. The van der Waals surface area contributed by atoms with Crippen molar-refractivity contribution in [1.82, 2.24) is 30.6 Å². The molecule has 3 heterocycles. The lowest BCUT2D eigenvalue weighted by Gasteiger charge is -2.19. The number of nitrogens with one attached hydrogen (secondary N) is 5. The molecular formula is C35H34ClF3N10O6. The van der Waals surface area contributed by atoms with E-state index in [2.05, 4.69) is 51.4 Å². The van der Waals surface area contributed by atoms with Crippen molar-refractivity contribution in [3.8, 4) is 6.01 Å². The molecule has 3 amide bonds. The van der Waals surface area contributed by atoms with Crippen LogP contribution in [0.15, 0.2) is 66.9 Å². The number of hydrogen-bond acceptors (Lipinski definition) is 12. The van der Waals surface area contributed by atoms with Crippen LogP contribution >= 0.6 is 11.6 Å². The Morgan fingerprint density at radius 1 is 0.891 bits per heavy atom. The van der Waals surface area contributed by atoms with Crippen molar-refractivity contribution in [2.75, 3.05) is 47.1 Å². The lowest BCUT2D eigenvalue weighted by Crippen LogP contribution is -2.50. The van der Waals surface area contributed by atoms with Crippen LogP contribution in [0, 0.1) is 0 Å². The van der Waals surface area contributed by atoms with Crippen molar-refractivity contribution in [2.24, 2.45) is 0 Å². The summed E-state index contributed by atoms with van der Waals surface area (Å²) in [5, 5.41) is 23.1. The smallest absolute Gasteiger partial charge is 0.422 e. The summed E-state index contributed by atoms with van der Waals surface area (Å²) in [6, 6.07) is 13.7. The molecule has 55 heavy (non-hydrogen) atoms. The fraction of sp³-hybridized carbons (Fsp3) is 0.314. The van der Waals surface area contributed by atoms with Crippen molar-refractivity contribution < 1.29 is 42.2 Å². The van der Waals surface area contributed by atoms with Crippen LogP contribution in [-0.2, 0) is 19.9 Å². The molecule has 1 saturated carbocycles. The number of pyridine rings is 1. The van der Waals surface area contributed by atoms with E-state index >= 15 is 0 Å². The summed E-state index contributed by atoms with van der Waals surface area (Å²) in [7, 11) is 0. The molecule has 0 bridgehead atoms. The molecular weight excluding hydrogens is 749 g/mol. The second kappa shape index (κ2) is 16.4. The van der Waals surface area contributed by atoms with Crippen molar-refractivity contribution in [3.05, 3.63) is 83.0 Å². The fourth-order valence-corrected chi connectivity index (χ4v) is 5.73. The molecule has 288 valence electrons. The molecule has 0 spiro atoms. The number of anilines is 5. The predicted octanol–water partition coefficient (Wildman–Crippen LogP) is 4.24. The highest BCUT2D eigenvalue weighted by molar-refractivity contribution is 6.39. The summed E-state index contributed by atoms with van der Waals surface area (Å²) in [5.41, 5.74) is 0.913. The number of rotatable bonds is 14. The zero-order valence-corrected chi connectivity index (χ0v) is 29.6. The van der Waals surface area contributed by atoms with Crippen molar-refractivity contribution in [2.45, 2.75) is 43.4 Å². The van der Waals surface area contributed by atoms with Gasteiger partial charge in [0, 0.05) is 35.9 Å². The Morgan fingerprint density at radius 3 is 2.18 bits per heavy atom. The van der Waals surface area contributed by atoms with Gasteiger partial charge in [0.2, 0.25) is 11.9 Å². The zero-order valence-electron chi connectivity index (χ0n) is 28.8. The molecule has 2 aromatic heterocycles. The molecule has 6 rings (SSSR count). The van der Waals surface area contributed by atoms with Crippen LogP contribution in [0.1, 0.15) is 41.6 Å². The molecule has 1 atom stereocenters.